The first-order chi connectivity index (χ1) is 13.8. The summed E-state index contributed by atoms with van der Waals surface area (Å²) in [5.41, 5.74) is 1.19. The number of nitrogens with one attached hydrogen (secondary N) is 2. The van der Waals surface area contributed by atoms with E-state index in [1.165, 1.54) is 11.3 Å². The largest absolute Gasteiger partial charge is 0.492 e. The fourth-order valence-corrected chi connectivity index (χ4v) is 3.31. The standard InChI is InChI=1S/C19H26N6O3S/c1-5-27-14-9-13(10-20-11-14)15-12-25-17(23-15)29-16(24-25)21-7-6-8-22-18(26)28-19(2,3)4/h9-12H,5-8H2,1-4H3,(H,21,24)(H,22,26). The number of alkyl carbamates (subject to hydrolysis) is 1. The Hall–Kier alpha value is -2.88. The zero-order valence-electron chi connectivity index (χ0n) is 17.1. The lowest BCUT2D eigenvalue weighted by molar-refractivity contribution is 0.0528. The Morgan fingerprint density at radius 2 is 2.10 bits per heavy atom. The molecule has 0 aliphatic carbocycles. The number of nitrogens with zero attached hydrogens (tertiary/aromatic N) is 4. The second-order valence-corrected chi connectivity index (χ2v) is 8.27. The van der Waals surface area contributed by atoms with Crippen molar-refractivity contribution < 1.29 is 14.3 Å². The van der Waals surface area contributed by atoms with Gasteiger partial charge in [0.25, 0.3) is 0 Å². The van der Waals surface area contributed by atoms with Gasteiger partial charge < -0.3 is 20.1 Å². The highest BCUT2D eigenvalue weighted by Gasteiger charge is 2.15. The maximum atomic E-state index is 11.6. The molecule has 0 atom stereocenters. The van der Waals surface area contributed by atoms with Crippen molar-refractivity contribution in [1.82, 2.24) is 24.9 Å². The monoisotopic (exact) mass is 418 g/mol. The first-order valence-corrected chi connectivity index (χ1v) is 10.3. The van der Waals surface area contributed by atoms with Crippen molar-refractivity contribution in [3.63, 3.8) is 0 Å². The van der Waals surface area contributed by atoms with Crippen LogP contribution in [0.4, 0.5) is 9.93 Å². The van der Waals surface area contributed by atoms with Gasteiger partial charge >= 0.3 is 6.09 Å². The Morgan fingerprint density at radius 1 is 1.28 bits per heavy atom. The Labute approximate surface area is 173 Å². The maximum Gasteiger partial charge on any atom is 0.407 e. The van der Waals surface area contributed by atoms with Crippen molar-refractivity contribution >= 4 is 27.5 Å². The molecule has 0 aromatic carbocycles. The number of carbonyl (C=O) groups excluding carboxylic acids is 1. The molecule has 2 N–H and O–H groups in total. The van der Waals surface area contributed by atoms with Crippen LogP contribution in [0.3, 0.4) is 0 Å². The second-order valence-electron chi connectivity index (χ2n) is 7.31. The fraction of sp³-hybridized carbons (Fsp3) is 0.474. The summed E-state index contributed by atoms with van der Waals surface area (Å²) < 4.78 is 12.4. The van der Waals surface area contributed by atoms with Crippen molar-refractivity contribution in [3.05, 3.63) is 24.7 Å². The summed E-state index contributed by atoms with van der Waals surface area (Å²) in [7, 11) is 0. The van der Waals surface area contributed by atoms with E-state index in [2.05, 4.69) is 25.7 Å². The smallest absolute Gasteiger partial charge is 0.407 e. The highest BCUT2D eigenvalue weighted by atomic mass is 32.1. The molecule has 3 aromatic rings. The highest BCUT2D eigenvalue weighted by molar-refractivity contribution is 7.20. The number of amides is 1. The number of pyridine rings is 1. The van der Waals surface area contributed by atoms with Crippen LogP contribution in [0.1, 0.15) is 34.1 Å². The molecular formula is C19H26N6O3S. The molecule has 3 rings (SSSR count). The number of rotatable bonds is 8. The summed E-state index contributed by atoms with van der Waals surface area (Å²) in [5, 5.41) is 11.3. The number of carbonyl (C=O) groups is 1. The molecule has 0 aliphatic rings. The van der Waals surface area contributed by atoms with Crippen molar-refractivity contribution in [3.8, 4) is 17.0 Å². The van der Waals surface area contributed by atoms with E-state index in [1.54, 1.807) is 16.9 Å². The molecule has 1 amide bonds. The molecule has 3 heterocycles. The molecule has 0 saturated carbocycles. The molecule has 0 saturated heterocycles. The summed E-state index contributed by atoms with van der Waals surface area (Å²) in [6, 6.07) is 1.92. The predicted molar refractivity (Wildman–Crippen MR) is 113 cm³/mol. The molecule has 9 nitrogen and oxygen atoms in total. The highest BCUT2D eigenvalue weighted by Crippen LogP contribution is 2.26. The lowest BCUT2D eigenvalue weighted by Crippen LogP contribution is -2.33. The van der Waals surface area contributed by atoms with Gasteiger partial charge in [0, 0.05) is 24.8 Å². The first kappa shape index (κ1) is 20.8. The molecule has 29 heavy (non-hydrogen) atoms. The number of hydrogen-bond donors (Lipinski definition) is 2. The quantitative estimate of drug-likeness (QED) is 0.539. The van der Waals surface area contributed by atoms with Crippen LogP contribution in [-0.4, -0.2) is 51.0 Å². The van der Waals surface area contributed by atoms with Gasteiger partial charge in [0.05, 0.1) is 24.7 Å². The van der Waals surface area contributed by atoms with Gasteiger partial charge in [-0.3, -0.25) is 4.98 Å². The van der Waals surface area contributed by atoms with E-state index in [0.717, 1.165) is 33.5 Å². The molecule has 0 radical (unpaired) electrons. The van der Waals surface area contributed by atoms with E-state index in [0.29, 0.717) is 19.7 Å². The van der Waals surface area contributed by atoms with Crippen LogP contribution in [0.15, 0.2) is 24.7 Å². The van der Waals surface area contributed by atoms with E-state index in [9.17, 15) is 4.79 Å². The van der Waals surface area contributed by atoms with Crippen LogP contribution in [-0.2, 0) is 4.74 Å². The normalized spacial score (nSPS) is 11.4. The Morgan fingerprint density at radius 3 is 2.83 bits per heavy atom. The molecule has 3 aromatic heterocycles. The lowest BCUT2D eigenvalue weighted by Gasteiger charge is -2.19. The number of hydrogen-bond acceptors (Lipinski definition) is 8. The Bertz CT molecular complexity index is 931. The number of anilines is 1. The maximum absolute atomic E-state index is 11.6. The second kappa shape index (κ2) is 9.08. The number of aromatic nitrogens is 4. The molecule has 0 spiro atoms. The van der Waals surface area contributed by atoms with Crippen molar-refractivity contribution in [2.45, 2.75) is 39.7 Å². The van der Waals surface area contributed by atoms with Gasteiger partial charge in [-0.25, -0.2) is 14.3 Å². The van der Waals surface area contributed by atoms with E-state index in [-0.39, 0.29) is 0 Å². The summed E-state index contributed by atoms with van der Waals surface area (Å²) >= 11 is 1.47. The third kappa shape index (κ3) is 6.05. The van der Waals surface area contributed by atoms with Crippen molar-refractivity contribution in [2.75, 3.05) is 25.0 Å². The van der Waals surface area contributed by atoms with E-state index in [1.807, 2.05) is 40.0 Å². The zero-order valence-corrected chi connectivity index (χ0v) is 17.9. The van der Waals surface area contributed by atoms with Gasteiger partial charge in [-0.2, -0.15) is 0 Å². The number of ether oxygens (including phenoxy) is 2. The minimum Gasteiger partial charge on any atom is -0.492 e. The van der Waals surface area contributed by atoms with E-state index < -0.39 is 11.7 Å². The molecule has 0 bridgehead atoms. The van der Waals surface area contributed by atoms with Gasteiger partial charge in [0.2, 0.25) is 10.1 Å². The van der Waals surface area contributed by atoms with Crippen LogP contribution >= 0.6 is 11.3 Å². The third-order valence-electron chi connectivity index (χ3n) is 3.66. The lowest BCUT2D eigenvalue weighted by atomic mass is 10.2. The summed E-state index contributed by atoms with van der Waals surface area (Å²) in [5.74, 6) is 0.719. The van der Waals surface area contributed by atoms with Crippen LogP contribution in [0, 0.1) is 0 Å². The van der Waals surface area contributed by atoms with Crippen molar-refractivity contribution in [1.29, 1.82) is 0 Å². The minimum atomic E-state index is -0.489. The van der Waals surface area contributed by atoms with Crippen LogP contribution < -0.4 is 15.4 Å². The van der Waals surface area contributed by atoms with Crippen LogP contribution in [0.5, 0.6) is 5.75 Å². The van der Waals surface area contributed by atoms with Gasteiger partial charge in [-0.1, -0.05) is 11.3 Å². The molecule has 0 unspecified atom stereocenters. The predicted octanol–water partition coefficient (Wildman–Crippen LogP) is 3.58. The van der Waals surface area contributed by atoms with Gasteiger partial charge in [0.15, 0.2) is 0 Å². The molecule has 0 fully saturated rings. The topological polar surface area (TPSA) is 103 Å². The summed E-state index contributed by atoms with van der Waals surface area (Å²) in [4.78, 5) is 21.2. The van der Waals surface area contributed by atoms with Crippen molar-refractivity contribution in [2.24, 2.45) is 0 Å². The van der Waals surface area contributed by atoms with Crippen LogP contribution in [0.2, 0.25) is 0 Å². The average molecular weight is 419 g/mol. The van der Waals surface area contributed by atoms with Gasteiger partial charge in [0.1, 0.15) is 11.4 Å². The Balaban J connectivity index is 1.50. The average Bonchev–Trinajstić information content (AvgIpc) is 3.19. The first-order valence-electron chi connectivity index (χ1n) is 9.49. The Kier molecular flexibility index (Phi) is 6.53. The molecule has 156 valence electrons. The minimum absolute atomic E-state index is 0.402. The summed E-state index contributed by atoms with van der Waals surface area (Å²) in [6.07, 6.45) is 5.66. The molecule has 0 aliphatic heterocycles. The van der Waals surface area contributed by atoms with E-state index in [4.69, 9.17) is 9.47 Å². The SMILES string of the molecule is CCOc1cncc(-c2cn3nc(NCCCNC(=O)OC(C)(C)C)sc3n2)c1. The fourth-order valence-electron chi connectivity index (χ4n) is 2.50. The number of imidazole rings is 1. The zero-order chi connectivity index (χ0) is 20.9. The van der Waals surface area contributed by atoms with Gasteiger partial charge in [-0.15, -0.1) is 5.10 Å². The molecule has 10 heteroatoms. The number of fused-ring (bicyclic) bond motifs is 1. The molecular weight excluding hydrogens is 392 g/mol. The summed E-state index contributed by atoms with van der Waals surface area (Å²) in [6.45, 7) is 9.25. The van der Waals surface area contributed by atoms with E-state index >= 15 is 0 Å². The van der Waals surface area contributed by atoms with Crippen LogP contribution in [0.25, 0.3) is 16.2 Å². The third-order valence-corrected chi connectivity index (χ3v) is 4.54. The van der Waals surface area contributed by atoms with Gasteiger partial charge in [-0.05, 0) is 40.2 Å².